The Kier molecular flexibility index (Phi) is 5.77. The maximum absolute atomic E-state index is 12.7. The summed E-state index contributed by atoms with van der Waals surface area (Å²) in [6.45, 7) is 3.00. The summed E-state index contributed by atoms with van der Waals surface area (Å²) in [6, 6.07) is 17.9. The van der Waals surface area contributed by atoms with Crippen LogP contribution in [0.2, 0.25) is 0 Å². The maximum Gasteiger partial charge on any atom is 0.291 e. The van der Waals surface area contributed by atoms with Gasteiger partial charge in [-0.3, -0.25) is 4.79 Å². The molecule has 3 aromatic rings. The quantitative estimate of drug-likeness (QED) is 0.552. The van der Waals surface area contributed by atoms with Gasteiger partial charge in [0.2, 0.25) is 0 Å². The average Bonchev–Trinajstić information content (AvgIpc) is 3.36. The lowest BCUT2D eigenvalue weighted by Crippen LogP contribution is -2.28. The molecule has 1 amide bonds. The van der Waals surface area contributed by atoms with Gasteiger partial charge < -0.3 is 15.1 Å². The number of rotatable bonds is 7. The van der Waals surface area contributed by atoms with E-state index in [-0.39, 0.29) is 5.91 Å². The van der Waals surface area contributed by atoms with Gasteiger partial charge in [0, 0.05) is 23.7 Å². The van der Waals surface area contributed by atoms with Crippen LogP contribution in [0.15, 0.2) is 59.0 Å². The zero-order valence-corrected chi connectivity index (χ0v) is 16.4. The number of anilines is 1. The van der Waals surface area contributed by atoms with Crippen LogP contribution in [0.1, 0.15) is 55.1 Å². The summed E-state index contributed by atoms with van der Waals surface area (Å²) in [7, 11) is 0. The third-order valence-electron chi connectivity index (χ3n) is 5.72. The van der Waals surface area contributed by atoms with Gasteiger partial charge in [-0.1, -0.05) is 62.1 Å². The fourth-order valence-electron chi connectivity index (χ4n) is 4.19. The minimum atomic E-state index is -0.220. The van der Waals surface area contributed by atoms with Crippen LogP contribution in [0.5, 0.6) is 0 Å². The molecular weight excluding hydrogens is 348 g/mol. The van der Waals surface area contributed by atoms with Crippen molar-refractivity contribution in [1.29, 1.82) is 0 Å². The van der Waals surface area contributed by atoms with E-state index in [4.69, 9.17) is 4.42 Å². The van der Waals surface area contributed by atoms with E-state index in [1.165, 1.54) is 32.1 Å². The van der Waals surface area contributed by atoms with Gasteiger partial charge in [0.15, 0.2) is 5.76 Å². The van der Waals surface area contributed by atoms with Gasteiger partial charge in [-0.05, 0) is 43.0 Å². The number of carbonyl (C=O) groups excluding carboxylic acids is 1. The normalized spacial score (nSPS) is 15.8. The highest BCUT2D eigenvalue weighted by molar-refractivity contribution is 6.04. The van der Waals surface area contributed by atoms with Crippen LogP contribution >= 0.6 is 0 Å². The van der Waals surface area contributed by atoms with Gasteiger partial charge in [-0.25, -0.2) is 0 Å². The Morgan fingerprint density at radius 2 is 1.86 bits per heavy atom. The van der Waals surface area contributed by atoms with Crippen LogP contribution < -0.4 is 10.6 Å². The molecule has 28 heavy (non-hydrogen) atoms. The second-order valence-corrected chi connectivity index (χ2v) is 7.93. The smallest absolute Gasteiger partial charge is 0.291 e. The highest BCUT2D eigenvalue weighted by Gasteiger charge is 2.18. The summed E-state index contributed by atoms with van der Waals surface area (Å²) >= 11 is 0. The van der Waals surface area contributed by atoms with E-state index in [0.29, 0.717) is 11.8 Å². The number of furan rings is 1. The van der Waals surface area contributed by atoms with Crippen molar-refractivity contribution >= 4 is 22.6 Å². The number of fused-ring (bicyclic) bond motifs is 1. The molecule has 0 saturated heterocycles. The second kappa shape index (κ2) is 8.61. The lowest BCUT2D eigenvalue weighted by molar-refractivity contribution is 0.0998. The average molecular weight is 377 g/mol. The molecule has 0 unspecified atom stereocenters. The van der Waals surface area contributed by atoms with Crippen LogP contribution in [0.25, 0.3) is 11.0 Å². The second-order valence-electron chi connectivity index (χ2n) is 7.93. The van der Waals surface area contributed by atoms with Crippen LogP contribution in [0, 0.1) is 5.92 Å². The molecule has 2 N–H and O–H groups in total. The van der Waals surface area contributed by atoms with Gasteiger partial charge in [0.25, 0.3) is 5.91 Å². The summed E-state index contributed by atoms with van der Waals surface area (Å²) in [5, 5.41) is 7.57. The summed E-state index contributed by atoms with van der Waals surface area (Å²) in [4.78, 5) is 12.7. The molecule has 1 saturated carbocycles. The lowest BCUT2D eigenvalue weighted by Gasteiger charge is -2.19. The maximum atomic E-state index is 12.7. The molecule has 2 aromatic carbocycles. The summed E-state index contributed by atoms with van der Waals surface area (Å²) in [5.74, 6) is 0.978. The largest absolute Gasteiger partial charge is 0.451 e. The first-order valence-corrected chi connectivity index (χ1v) is 10.3. The Balaban J connectivity index is 1.40. The Labute approximate surface area is 166 Å². The fourth-order valence-corrected chi connectivity index (χ4v) is 4.19. The van der Waals surface area contributed by atoms with Crippen LogP contribution in [-0.2, 0) is 6.54 Å². The van der Waals surface area contributed by atoms with E-state index in [2.05, 4.69) is 23.6 Å². The predicted molar refractivity (Wildman–Crippen MR) is 113 cm³/mol. The van der Waals surface area contributed by atoms with Crippen molar-refractivity contribution in [2.45, 2.75) is 51.6 Å². The third-order valence-corrected chi connectivity index (χ3v) is 5.72. The lowest BCUT2D eigenvalue weighted by atomic mass is 9.99. The van der Waals surface area contributed by atoms with Crippen molar-refractivity contribution in [2.75, 3.05) is 5.32 Å². The molecule has 1 aliphatic carbocycles. The minimum absolute atomic E-state index is 0.220. The van der Waals surface area contributed by atoms with Gasteiger partial charge in [0.1, 0.15) is 5.58 Å². The first kappa shape index (κ1) is 18.8. The van der Waals surface area contributed by atoms with E-state index >= 15 is 0 Å². The molecule has 0 radical (unpaired) electrons. The summed E-state index contributed by atoms with van der Waals surface area (Å²) in [6.07, 6.45) is 6.74. The van der Waals surface area contributed by atoms with Gasteiger partial charge >= 0.3 is 0 Å². The first-order chi connectivity index (χ1) is 13.7. The van der Waals surface area contributed by atoms with Crippen molar-refractivity contribution in [3.8, 4) is 0 Å². The molecule has 0 bridgehead atoms. The Morgan fingerprint density at radius 3 is 2.68 bits per heavy atom. The molecule has 1 atom stereocenters. The van der Waals surface area contributed by atoms with E-state index in [1.54, 1.807) is 6.07 Å². The zero-order chi connectivity index (χ0) is 19.3. The van der Waals surface area contributed by atoms with Crippen molar-refractivity contribution in [3.63, 3.8) is 0 Å². The molecule has 1 aromatic heterocycles. The van der Waals surface area contributed by atoms with Crippen molar-refractivity contribution in [1.82, 2.24) is 5.32 Å². The summed E-state index contributed by atoms with van der Waals surface area (Å²) < 4.78 is 5.69. The van der Waals surface area contributed by atoms with Gasteiger partial charge in [-0.2, -0.15) is 0 Å². The molecular formula is C24H28N2O2. The first-order valence-electron chi connectivity index (χ1n) is 10.3. The molecule has 1 heterocycles. The molecule has 1 fully saturated rings. The fraction of sp³-hybridized carbons (Fsp3) is 0.375. The monoisotopic (exact) mass is 376 g/mol. The highest BCUT2D eigenvalue weighted by Crippen LogP contribution is 2.28. The van der Waals surface area contributed by atoms with Crippen LogP contribution in [-0.4, -0.2) is 11.9 Å². The number of hydrogen-bond donors (Lipinski definition) is 2. The Bertz CT molecular complexity index is 907. The molecule has 4 nitrogen and oxygen atoms in total. The van der Waals surface area contributed by atoms with Crippen molar-refractivity contribution < 1.29 is 9.21 Å². The SMILES string of the molecule is C[C@@H](CC1CCCC1)NCc1ccccc1NC(=O)c1cc2ccccc2o1. The number of amides is 1. The third kappa shape index (κ3) is 4.45. The number of hydrogen-bond acceptors (Lipinski definition) is 3. The number of carbonyl (C=O) groups is 1. The van der Waals surface area contributed by atoms with Crippen LogP contribution in [0.4, 0.5) is 5.69 Å². The summed E-state index contributed by atoms with van der Waals surface area (Å²) in [5.41, 5.74) is 2.64. The van der Waals surface area contributed by atoms with Gasteiger partial charge in [0.05, 0.1) is 0 Å². The Hall–Kier alpha value is -2.59. The molecule has 146 valence electrons. The molecule has 0 spiro atoms. The number of para-hydroxylation sites is 2. The molecule has 4 rings (SSSR count). The number of nitrogens with one attached hydrogen (secondary N) is 2. The highest BCUT2D eigenvalue weighted by atomic mass is 16.3. The van der Waals surface area contributed by atoms with Gasteiger partial charge in [-0.15, -0.1) is 0 Å². The van der Waals surface area contributed by atoms with E-state index < -0.39 is 0 Å². The minimum Gasteiger partial charge on any atom is -0.451 e. The zero-order valence-electron chi connectivity index (χ0n) is 16.4. The molecule has 4 heteroatoms. The van der Waals surface area contributed by atoms with Crippen LogP contribution in [0.3, 0.4) is 0 Å². The van der Waals surface area contributed by atoms with E-state index in [9.17, 15) is 4.79 Å². The predicted octanol–water partition coefficient (Wildman–Crippen LogP) is 5.74. The van der Waals surface area contributed by atoms with Crippen molar-refractivity contribution in [2.24, 2.45) is 5.92 Å². The topological polar surface area (TPSA) is 54.3 Å². The molecule has 0 aliphatic heterocycles. The standard InChI is InChI=1S/C24H28N2O2/c1-17(14-18-8-2-3-9-18)25-16-20-11-4-6-12-21(20)26-24(27)23-15-19-10-5-7-13-22(19)28-23/h4-7,10-13,15,17-18,25H,2-3,8-9,14,16H2,1H3,(H,26,27)/t17-/m0/s1. The van der Waals surface area contributed by atoms with E-state index in [1.807, 2.05) is 42.5 Å². The molecule has 1 aliphatic rings. The Morgan fingerprint density at radius 1 is 1.11 bits per heavy atom. The number of benzene rings is 2. The van der Waals surface area contributed by atoms with E-state index in [0.717, 1.165) is 34.7 Å². The van der Waals surface area contributed by atoms with Crippen molar-refractivity contribution in [3.05, 3.63) is 65.9 Å².